The lowest BCUT2D eigenvalue weighted by Gasteiger charge is -2.35. The first kappa shape index (κ1) is 32.1. The average molecular weight is 606 g/mol. The van der Waals surface area contributed by atoms with Crippen LogP contribution >= 0.6 is 23.4 Å². The second kappa shape index (κ2) is 12.6. The van der Waals surface area contributed by atoms with Crippen molar-refractivity contribution < 1.29 is 13.2 Å². The van der Waals surface area contributed by atoms with Gasteiger partial charge in [-0.25, -0.2) is 8.42 Å². The maximum atomic E-state index is 13.3. The van der Waals surface area contributed by atoms with Gasteiger partial charge < -0.3 is 5.32 Å². The molecule has 40 heavy (non-hydrogen) atoms. The third kappa shape index (κ3) is 7.46. The van der Waals surface area contributed by atoms with Crippen molar-refractivity contribution in [3.05, 3.63) is 53.1 Å². The predicted molar refractivity (Wildman–Crippen MR) is 165 cm³/mol. The predicted octanol–water partition coefficient (Wildman–Crippen LogP) is 6.84. The molecule has 2 aromatic carbocycles. The standard InChI is InChI=1S/C29H40ClN5O3S2/c1-9-34(10-2)40(37,38)22-14-11-13-21(17-22)26-32-33-27(35(26)29(7,8)19-28(4,5)6)39-18-25(36)31-24-16-12-15-23(30)20(24)3/h11-17H,9-10,18-19H2,1-8H3,(H,31,36). The van der Waals surface area contributed by atoms with Crippen molar-refractivity contribution in [1.29, 1.82) is 0 Å². The van der Waals surface area contributed by atoms with E-state index in [0.29, 0.717) is 40.3 Å². The lowest BCUT2D eigenvalue weighted by molar-refractivity contribution is -0.113. The highest BCUT2D eigenvalue weighted by Crippen LogP contribution is 2.38. The molecule has 1 aromatic heterocycles. The summed E-state index contributed by atoms with van der Waals surface area (Å²) in [6.07, 6.45) is 0.796. The summed E-state index contributed by atoms with van der Waals surface area (Å²) in [6, 6.07) is 12.2. The maximum Gasteiger partial charge on any atom is 0.243 e. The Kier molecular flexibility index (Phi) is 10.1. The fraction of sp³-hybridized carbons (Fsp3) is 0.483. The summed E-state index contributed by atoms with van der Waals surface area (Å²) in [6.45, 7) is 17.0. The third-order valence-corrected chi connectivity index (χ3v) is 9.90. The number of nitrogens with zero attached hydrogens (tertiary/aromatic N) is 4. The van der Waals surface area contributed by atoms with Crippen molar-refractivity contribution in [2.75, 3.05) is 24.2 Å². The number of carbonyl (C=O) groups excluding carboxylic acids is 1. The Hall–Kier alpha value is -2.40. The quantitative estimate of drug-likeness (QED) is 0.240. The van der Waals surface area contributed by atoms with Crippen LogP contribution in [0.1, 0.15) is 60.5 Å². The highest BCUT2D eigenvalue weighted by Gasteiger charge is 2.33. The monoisotopic (exact) mass is 605 g/mol. The Labute approximate surface area is 248 Å². The molecule has 3 rings (SSSR count). The van der Waals surface area contributed by atoms with E-state index in [-0.39, 0.29) is 22.0 Å². The molecule has 0 bridgehead atoms. The molecule has 0 aliphatic carbocycles. The fourth-order valence-electron chi connectivity index (χ4n) is 5.04. The second-order valence-electron chi connectivity index (χ2n) is 11.6. The van der Waals surface area contributed by atoms with E-state index in [4.69, 9.17) is 11.6 Å². The van der Waals surface area contributed by atoms with Crippen LogP contribution in [0, 0.1) is 12.3 Å². The van der Waals surface area contributed by atoms with Crippen LogP contribution in [-0.4, -0.2) is 52.2 Å². The van der Waals surface area contributed by atoms with Gasteiger partial charge in [-0.1, -0.05) is 76.2 Å². The van der Waals surface area contributed by atoms with Crippen molar-refractivity contribution >= 4 is 45.0 Å². The molecule has 1 heterocycles. The molecule has 8 nitrogen and oxygen atoms in total. The third-order valence-electron chi connectivity index (χ3n) is 6.51. The average Bonchev–Trinajstić information content (AvgIpc) is 3.30. The number of carbonyl (C=O) groups is 1. The van der Waals surface area contributed by atoms with Crippen LogP contribution in [0.3, 0.4) is 0 Å². The van der Waals surface area contributed by atoms with E-state index < -0.39 is 15.6 Å². The van der Waals surface area contributed by atoms with Gasteiger partial charge in [-0.3, -0.25) is 9.36 Å². The molecule has 0 fully saturated rings. The van der Waals surface area contributed by atoms with Crippen molar-refractivity contribution in [2.45, 2.75) is 77.4 Å². The first-order valence-corrected chi connectivity index (χ1v) is 16.2. The zero-order valence-corrected chi connectivity index (χ0v) is 27.0. The van der Waals surface area contributed by atoms with Gasteiger partial charge >= 0.3 is 0 Å². The number of benzene rings is 2. The van der Waals surface area contributed by atoms with Gasteiger partial charge in [0.2, 0.25) is 15.9 Å². The maximum absolute atomic E-state index is 13.3. The molecule has 0 saturated carbocycles. The largest absolute Gasteiger partial charge is 0.325 e. The minimum Gasteiger partial charge on any atom is -0.325 e. The lowest BCUT2D eigenvalue weighted by atomic mass is 9.81. The zero-order chi connectivity index (χ0) is 29.9. The van der Waals surface area contributed by atoms with Crippen molar-refractivity contribution in [3.63, 3.8) is 0 Å². The van der Waals surface area contributed by atoms with Crippen molar-refractivity contribution in [2.24, 2.45) is 5.41 Å². The van der Waals surface area contributed by atoms with Gasteiger partial charge in [-0.05, 0) is 62.4 Å². The zero-order valence-electron chi connectivity index (χ0n) is 24.6. The summed E-state index contributed by atoms with van der Waals surface area (Å²) in [4.78, 5) is 13.1. The molecule has 1 N–H and O–H groups in total. The molecule has 1 amide bonds. The van der Waals surface area contributed by atoms with Crippen LogP contribution in [0.25, 0.3) is 11.4 Å². The molecule has 218 valence electrons. The van der Waals surface area contributed by atoms with E-state index in [2.05, 4.69) is 50.1 Å². The molecule has 0 saturated heterocycles. The smallest absolute Gasteiger partial charge is 0.243 e. The van der Waals surface area contributed by atoms with Crippen LogP contribution in [0.15, 0.2) is 52.5 Å². The molecule has 3 aromatic rings. The molecule has 0 aliphatic rings. The molecule has 0 spiro atoms. The number of sulfonamides is 1. The number of anilines is 1. The van der Waals surface area contributed by atoms with E-state index in [1.165, 1.54) is 16.1 Å². The molecule has 0 unspecified atom stereocenters. The second-order valence-corrected chi connectivity index (χ2v) is 14.8. The Morgan fingerprint density at radius 2 is 1.70 bits per heavy atom. The number of halogens is 1. The number of thioether (sulfide) groups is 1. The molecule has 0 radical (unpaired) electrons. The van der Waals surface area contributed by atoms with E-state index in [9.17, 15) is 13.2 Å². The van der Waals surface area contributed by atoms with Crippen LogP contribution in [0.5, 0.6) is 0 Å². The number of aromatic nitrogens is 3. The van der Waals surface area contributed by atoms with Crippen molar-refractivity contribution in [3.8, 4) is 11.4 Å². The topological polar surface area (TPSA) is 97.2 Å². The fourth-order valence-corrected chi connectivity index (χ4v) is 7.61. The van der Waals surface area contributed by atoms with Crippen LogP contribution in [0.2, 0.25) is 5.02 Å². The highest BCUT2D eigenvalue weighted by atomic mass is 35.5. The Balaban J connectivity index is 2.00. The van der Waals surface area contributed by atoms with Crippen LogP contribution in [-0.2, 0) is 20.4 Å². The SMILES string of the molecule is CCN(CC)S(=O)(=O)c1cccc(-c2nnc(SCC(=O)Nc3cccc(Cl)c3C)n2C(C)(C)CC(C)(C)C)c1. The highest BCUT2D eigenvalue weighted by molar-refractivity contribution is 7.99. The number of nitrogens with one attached hydrogen (secondary N) is 1. The first-order valence-electron chi connectivity index (χ1n) is 13.3. The van der Waals surface area contributed by atoms with E-state index >= 15 is 0 Å². The Morgan fingerprint density at radius 3 is 2.33 bits per heavy atom. The molecular weight excluding hydrogens is 566 g/mol. The molecule has 11 heteroatoms. The summed E-state index contributed by atoms with van der Waals surface area (Å²) < 4.78 is 30.0. The van der Waals surface area contributed by atoms with E-state index in [1.807, 2.05) is 37.5 Å². The van der Waals surface area contributed by atoms with Crippen molar-refractivity contribution in [1.82, 2.24) is 19.1 Å². The number of hydrogen-bond donors (Lipinski definition) is 1. The van der Waals surface area contributed by atoms with Gasteiger partial charge in [0.15, 0.2) is 11.0 Å². The summed E-state index contributed by atoms with van der Waals surface area (Å²) in [5.74, 6) is 0.485. The van der Waals surface area contributed by atoms with Gasteiger partial charge in [0.1, 0.15) is 0 Å². The number of rotatable bonds is 11. The number of amides is 1. The summed E-state index contributed by atoms with van der Waals surface area (Å²) >= 11 is 7.50. The number of hydrogen-bond acceptors (Lipinski definition) is 6. The van der Waals surface area contributed by atoms with E-state index in [1.54, 1.807) is 30.3 Å². The lowest BCUT2D eigenvalue weighted by Crippen LogP contribution is -2.33. The first-order chi connectivity index (χ1) is 18.6. The minimum atomic E-state index is -3.65. The molecule has 0 aliphatic heterocycles. The van der Waals surface area contributed by atoms with Gasteiger partial charge in [-0.2, -0.15) is 4.31 Å². The summed E-state index contributed by atoms with van der Waals surface area (Å²) in [7, 11) is -3.65. The van der Waals surface area contributed by atoms with Gasteiger partial charge in [0.05, 0.1) is 10.6 Å². The van der Waals surface area contributed by atoms with Crippen LogP contribution < -0.4 is 5.32 Å². The summed E-state index contributed by atoms with van der Waals surface area (Å²) in [5, 5.41) is 13.1. The van der Waals surface area contributed by atoms with Gasteiger partial charge in [0, 0.05) is 34.9 Å². The van der Waals surface area contributed by atoms with Crippen LogP contribution in [0.4, 0.5) is 5.69 Å². The Bertz CT molecular complexity index is 1460. The summed E-state index contributed by atoms with van der Waals surface area (Å²) in [5.41, 5.74) is 1.67. The van der Waals surface area contributed by atoms with Gasteiger partial charge in [0.25, 0.3) is 0 Å². The van der Waals surface area contributed by atoms with E-state index in [0.717, 1.165) is 12.0 Å². The normalized spacial score (nSPS) is 12.7. The minimum absolute atomic E-state index is 0.0115. The van der Waals surface area contributed by atoms with Gasteiger partial charge in [-0.15, -0.1) is 10.2 Å². The molecule has 0 atom stereocenters. The molecular formula is C29H40ClN5O3S2. The Morgan fingerprint density at radius 1 is 1.05 bits per heavy atom.